The van der Waals surface area contributed by atoms with Gasteiger partial charge in [-0.05, 0) is 43.0 Å². The highest BCUT2D eigenvalue weighted by molar-refractivity contribution is 5.31. The van der Waals surface area contributed by atoms with E-state index < -0.39 is 0 Å². The molecule has 0 saturated heterocycles. The molecular weight excluding hydrogens is 222 g/mol. The first-order valence-corrected chi connectivity index (χ1v) is 6.95. The van der Waals surface area contributed by atoms with Gasteiger partial charge in [0.25, 0.3) is 0 Å². The number of hydrogen-bond donors (Lipinski definition) is 1. The molecule has 0 aliphatic rings. The Kier molecular flexibility index (Phi) is 5.67. The molecule has 0 fully saturated rings. The van der Waals surface area contributed by atoms with Gasteiger partial charge in [0.15, 0.2) is 0 Å². The number of rotatable bonds is 6. The van der Waals surface area contributed by atoms with Gasteiger partial charge in [-0.3, -0.25) is 0 Å². The number of nitrogens with one attached hydrogen (secondary N) is 1. The van der Waals surface area contributed by atoms with Gasteiger partial charge in [-0.25, -0.2) is 0 Å². The molecule has 1 N–H and O–H groups in total. The zero-order valence-corrected chi connectivity index (χ0v) is 12.4. The summed E-state index contributed by atoms with van der Waals surface area (Å²) >= 11 is 0. The van der Waals surface area contributed by atoms with E-state index in [1.165, 1.54) is 5.56 Å². The summed E-state index contributed by atoms with van der Waals surface area (Å²) in [5, 5.41) is 3.64. The summed E-state index contributed by atoms with van der Waals surface area (Å²) in [7, 11) is 0. The molecule has 0 spiro atoms. The van der Waals surface area contributed by atoms with E-state index in [2.05, 4.69) is 51.2 Å². The van der Waals surface area contributed by atoms with Crippen molar-refractivity contribution in [3.05, 3.63) is 29.8 Å². The van der Waals surface area contributed by atoms with Gasteiger partial charge in [0.2, 0.25) is 0 Å². The van der Waals surface area contributed by atoms with Gasteiger partial charge in [-0.2, -0.15) is 0 Å². The monoisotopic (exact) mass is 249 g/mol. The minimum Gasteiger partial charge on any atom is -0.494 e. The number of hydrogen-bond acceptors (Lipinski definition) is 2. The molecule has 0 aliphatic carbocycles. The zero-order valence-electron chi connectivity index (χ0n) is 12.4. The van der Waals surface area contributed by atoms with Crippen LogP contribution in [0.5, 0.6) is 5.75 Å². The Bertz CT molecular complexity index is 354. The minimum absolute atomic E-state index is 0.194. The fraction of sp³-hybridized carbons (Fsp3) is 0.625. The molecule has 1 unspecified atom stereocenters. The summed E-state index contributed by atoms with van der Waals surface area (Å²) in [6.07, 6.45) is 1.15. The van der Waals surface area contributed by atoms with Crippen LogP contribution in [0.3, 0.4) is 0 Å². The van der Waals surface area contributed by atoms with Crippen LogP contribution in [0.2, 0.25) is 0 Å². The van der Waals surface area contributed by atoms with Gasteiger partial charge in [0.05, 0.1) is 6.61 Å². The van der Waals surface area contributed by atoms with E-state index in [0.29, 0.717) is 12.6 Å². The molecule has 2 nitrogen and oxygen atoms in total. The summed E-state index contributed by atoms with van der Waals surface area (Å²) in [5.74, 6) is 0.961. The van der Waals surface area contributed by atoms with Crippen molar-refractivity contribution in [2.24, 2.45) is 5.41 Å². The zero-order chi connectivity index (χ0) is 13.6. The Hall–Kier alpha value is -1.02. The number of ether oxygens (including phenoxy) is 1. The van der Waals surface area contributed by atoms with Crippen molar-refractivity contribution in [3.63, 3.8) is 0 Å². The van der Waals surface area contributed by atoms with Crippen LogP contribution in [-0.4, -0.2) is 13.2 Å². The first kappa shape index (κ1) is 15.0. The van der Waals surface area contributed by atoms with Crippen LogP contribution in [0, 0.1) is 5.41 Å². The average Bonchev–Trinajstić information content (AvgIpc) is 2.29. The summed E-state index contributed by atoms with van der Waals surface area (Å²) in [4.78, 5) is 0. The Morgan fingerprint density at radius 2 is 1.94 bits per heavy atom. The molecule has 1 aromatic rings. The van der Waals surface area contributed by atoms with E-state index in [4.69, 9.17) is 4.74 Å². The van der Waals surface area contributed by atoms with Crippen molar-refractivity contribution in [2.75, 3.05) is 13.2 Å². The van der Waals surface area contributed by atoms with Crippen molar-refractivity contribution in [1.29, 1.82) is 0 Å². The molecule has 102 valence electrons. The van der Waals surface area contributed by atoms with E-state index in [1.54, 1.807) is 0 Å². The molecule has 0 bridgehead atoms. The van der Waals surface area contributed by atoms with E-state index in [9.17, 15) is 0 Å². The van der Waals surface area contributed by atoms with Gasteiger partial charge < -0.3 is 10.1 Å². The molecule has 0 heterocycles. The molecule has 0 radical (unpaired) electrons. The Morgan fingerprint density at radius 1 is 1.22 bits per heavy atom. The SMILES string of the molecule is CCCNC(c1cccc(OCC)c1)C(C)(C)C. The third-order valence-electron chi connectivity index (χ3n) is 2.97. The smallest absolute Gasteiger partial charge is 0.119 e. The molecule has 1 atom stereocenters. The Morgan fingerprint density at radius 3 is 2.50 bits per heavy atom. The molecule has 1 aromatic carbocycles. The third-order valence-corrected chi connectivity index (χ3v) is 2.97. The van der Waals surface area contributed by atoms with Crippen LogP contribution in [-0.2, 0) is 0 Å². The first-order chi connectivity index (χ1) is 8.49. The molecule has 0 amide bonds. The highest BCUT2D eigenvalue weighted by atomic mass is 16.5. The highest BCUT2D eigenvalue weighted by Gasteiger charge is 2.25. The largest absolute Gasteiger partial charge is 0.494 e. The fourth-order valence-corrected chi connectivity index (χ4v) is 2.16. The third kappa shape index (κ3) is 4.34. The van der Waals surface area contributed by atoms with Gasteiger partial charge in [0.1, 0.15) is 5.75 Å². The van der Waals surface area contributed by atoms with Gasteiger partial charge in [0, 0.05) is 6.04 Å². The Balaban J connectivity index is 2.93. The highest BCUT2D eigenvalue weighted by Crippen LogP contribution is 2.34. The predicted octanol–water partition coefficient (Wildman–Crippen LogP) is 4.17. The number of benzene rings is 1. The van der Waals surface area contributed by atoms with Crippen LogP contribution in [0.25, 0.3) is 0 Å². The van der Waals surface area contributed by atoms with Crippen LogP contribution in [0.4, 0.5) is 0 Å². The Labute approximate surface area is 112 Å². The predicted molar refractivity (Wildman–Crippen MR) is 78.1 cm³/mol. The van der Waals surface area contributed by atoms with Crippen LogP contribution in [0.1, 0.15) is 52.6 Å². The summed E-state index contributed by atoms with van der Waals surface area (Å²) in [6.45, 7) is 12.8. The average molecular weight is 249 g/mol. The molecule has 0 saturated carbocycles. The summed E-state index contributed by atoms with van der Waals surface area (Å²) in [6, 6.07) is 8.79. The quantitative estimate of drug-likeness (QED) is 0.817. The summed E-state index contributed by atoms with van der Waals surface area (Å²) in [5.41, 5.74) is 1.50. The van der Waals surface area contributed by atoms with E-state index in [-0.39, 0.29) is 5.41 Å². The van der Waals surface area contributed by atoms with Crippen LogP contribution < -0.4 is 10.1 Å². The normalized spacial score (nSPS) is 13.4. The lowest BCUT2D eigenvalue weighted by Crippen LogP contribution is -2.32. The standard InChI is InChI=1S/C16H27NO/c1-6-11-17-15(16(3,4)5)13-9-8-10-14(12-13)18-7-2/h8-10,12,15,17H,6-7,11H2,1-5H3. The van der Waals surface area contributed by atoms with E-state index >= 15 is 0 Å². The van der Waals surface area contributed by atoms with Crippen molar-refractivity contribution in [2.45, 2.75) is 47.1 Å². The maximum Gasteiger partial charge on any atom is 0.119 e. The fourth-order valence-electron chi connectivity index (χ4n) is 2.16. The maximum atomic E-state index is 5.59. The van der Waals surface area contributed by atoms with Crippen molar-refractivity contribution in [1.82, 2.24) is 5.32 Å². The second-order valence-corrected chi connectivity index (χ2v) is 5.76. The molecule has 18 heavy (non-hydrogen) atoms. The maximum absolute atomic E-state index is 5.59. The molecule has 0 aliphatic heterocycles. The van der Waals surface area contributed by atoms with Crippen LogP contribution in [0.15, 0.2) is 24.3 Å². The van der Waals surface area contributed by atoms with Crippen LogP contribution >= 0.6 is 0 Å². The van der Waals surface area contributed by atoms with Gasteiger partial charge in [-0.1, -0.05) is 39.8 Å². The molecule has 2 heteroatoms. The van der Waals surface area contributed by atoms with E-state index in [1.807, 2.05) is 13.0 Å². The first-order valence-electron chi connectivity index (χ1n) is 6.95. The topological polar surface area (TPSA) is 21.3 Å². The lowest BCUT2D eigenvalue weighted by atomic mass is 9.82. The lowest BCUT2D eigenvalue weighted by Gasteiger charge is -2.32. The molecule has 1 rings (SSSR count). The molecule has 0 aromatic heterocycles. The van der Waals surface area contributed by atoms with Gasteiger partial charge >= 0.3 is 0 Å². The minimum atomic E-state index is 0.194. The second-order valence-electron chi connectivity index (χ2n) is 5.76. The lowest BCUT2D eigenvalue weighted by molar-refractivity contribution is 0.272. The van der Waals surface area contributed by atoms with Crippen molar-refractivity contribution < 1.29 is 4.74 Å². The van der Waals surface area contributed by atoms with Crippen molar-refractivity contribution >= 4 is 0 Å². The molecular formula is C16H27NO. The second kappa shape index (κ2) is 6.79. The van der Waals surface area contributed by atoms with Crippen molar-refractivity contribution in [3.8, 4) is 5.75 Å². The van der Waals surface area contributed by atoms with Gasteiger partial charge in [-0.15, -0.1) is 0 Å². The van der Waals surface area contributed by atoms with E-state index in [0.717, 1.165) is 18.7 Å². The summed E-state index contributed by atoms with van der Waals surface area (Å²) < 4.78 is 5.59.